The second-order valence-electron chi connectivity index (χ2n) is 7.14. The van der Waals surface area contributed by atoms with Gasteiger partial charge in [0, 0.05) is 29.2 Å². The highest BCUT2D eigenvalue weighted by Gasteiger charge is 2.37. The molecule has 30 heavy (non-hydrogen) atoms. The van der Waals surface area contributed by atoms with E-state index in [2.05, 4.69) is 15.6 Å². The van der Waals surface area contributed by atoms with Gasteiger partial charge in [-0.1, -0.05) is 12.1 Å². The number of aromatic amines is 1. The number of fused-ring (bicyclic) bond motifs is 1. The molecule has 1 saturated heterocycles. The van der Waals surface area contributed by atoms with Crippen LogP contribution in [0.3, 0.4) is 0 Å². The monoisotopic (exact) mass is 406 g/mol. The minimum atomic E-state index is -0.700. The third-order valence-electron chi connectivity index (χ3n) is 5.10. The fourth-order valence-corrected chi connectivity index (χ4v) is 3.47. The van der Waals surface area contributed by atoms with Gasteiger partial charge in [0.25, 0.3) is 5.91 Å². The SMILES string of the molecule is COc1ccc(CN2C(=O)N[C@H](CCC(=O)Nc3ccc4[nH]ccc4c3)C2=O)cc1. The van der Waals surface area contributed by atoms with Crippen LogP contribution in [-0.2, 0) is 16.1 Å². The molecule has 0 aliphatic carbocycles. The molecule has 3 N–H and O–H groups in total. The van der Waals surface area contributed by atoms with Crippen LogP contribution in [0.2, 0.25) is 0 Å². The summed E-state index contributed by atoms with van der Waals surface area (Å²) in [6, 6.07) is 13.5. The molecule has 4 amide bonds. The first-order valence-corrected chi connectivity index (χ1v) is 9.65. The summed E-state index contributed by atoms with van der Waals surface area (Å²) in [6.45, 7) is 0.175. The summed E-state index contributed by atoms with van der Waals surface area (Å²) in [5.41, 5.74) is 2.50. The van der Waals surface area contributed by atoms with Crippen molar-refractivity contribution in [2.45, 2.75) is 25.4 Å². The number of benzene rings is 2. The zero-order valence-corrected chi connectivity index (χ0v) is 16.5. The first-order chi connectivity index (χ1) is 14.5. The molecule has 1 atom stereocenters. The number of carbonyl (C=O) groups excluding carboxylic acids is 3. The number of amides is 4. The average molecular weight is 406 g/mol. The number of nitrogens with one attached hydrogen (secondary N) is 3. The van der Waals surface area contributed by atoms with Crippen LogP contribution < -0.4 is 15.4 Å². The third-order valence-corrected chi connectivity index (χ3v) is 5.10. The van der Waals surface area contributed by atoms with Crippen molar-refractivity contribution in [2.75, 3.05) is 12.4 Å². The average Bonchev–Trinajstić information content (AvgIpc) is 3.32. The van der Waals surface area contributed by atoms with Crippen LogP contribution in [0.25, 0.3) is 10.9 Å². The van der Waals surface area contributed by atoms with Crippen molar-refractivity contribution in [1.82, 2.24) is 15.2 Å². The smallest absolute Gasteiger partial charge is 0.325 e. The maximum Gasteiger partial charge on any atom is 0.325 e. The Bertz CT molecular complexity index is 1090. The van der Waals surface area contributed by atoms with Gasteiger partial charge in [-0.3, -0.25) is 14.5 Å². The molecule has 0 bridgehead atoms. The Hall–Kier alpha value is -3.81. The van der Waals surface area contributed by atoms with Gasteiger partial charge in [-0.15, -0.1) is 0 Å². The molecule has 1 aromatic heterocycles. The van der Waals surface area contributed by atoms with Crippen molar-refractivity contribution in [3.63, 3.8) is 0 Å². The van der Waals surface area contributed by atoms with Gasteiger partial charge in [-0.05, 0) is 48.4 Å². The van der Waals surface area contributed by atoms with Gasteiger partial charge in [-0.2, -0.15) is 0 Å². The molecule has 0 radical (unpaired) electrons. The van der Waals surface area contributed by atoms with E-state index in [0.29, 0.717) is 11.4 Å². The maximum atomic E-state index is 12.6. The summed E-state index contributed by atoms with van der Waals surface area (Å²) >= 11 is 0. The van der Waals surface area contributed by atoms with E-state index in [1.165, 1.54) is 4.90 Å². The molecule has 4 rings (SSSR count). The van der Waals surface area contributed by atoms with Crippen LogP contribution in [0.1, 0.15) is 18.4 Å². The summed E-state index contributed by atoms with van der Waals surface area (Å²) in [7, 11) is 1.58. The number of hydrogen-bond donors (Lipinski definition) is 3. The summed E-state index contributed by atoms with van der Waals surface area (Å²) < 4.78 is 5.11. The topological polar surface area (TPSA) is 104 Å². The van der Waals surface area contributed by atoms with Crippen LogP contribution in [0.4, 0.5) is 10.5 Å². The van der Waals surface area contributed by atoms with E-state index < -0.39 is 12.1 Å². The molecular weight excluding hydrogens is 384 g/mol. The Balaban J connectivity index is 1.31. The minimum absolute atomic E-state index is 0.123. The number of hydrogen-bond acceptors (Lipinski definition) is 4. The van der Waals surface area contributed by atoms with Crippen LogP contribution in [0.15, 0.2) is 54.7 Å². The first-order valence-electron chi connectivity index (χ1n) is 9.65. The van der Waals surface area contributed by atoms with E-state index in [-0.39, 0.29) is 31.2 Å². The molecule has 154 valence electrons. The molecule has 8 heteroatoms. The van der Waals surface area contributed by atoms with Crippen molar-refractivity contribution < 1.29 is 19.1 Å². The lowest BCUT2D eigenvalue weighted by atomic mass is 10.1. The van der Waals surface area contributed by atoms with Crippen LogP contribution in [0, 0.1) is 0 Å². The van der Waals surface area contributed by atoms with E-state index >= 15 is 0 Å². The highest BCUT2D eigenvalue weighted by Crippen LogP contribution is 2.20. The normalized spacial score (nSPS) is 16.0. The molecule has 2 aromatic carbocycles. The zero-order valence-electron chi connectivity index (χ0n) is 16.5. The number of methoxy groups -OCH3 is 1. The number of ether oxygens (including phenoxy) is 1. The predicted molar refractivity (Wildman–Crippen MR) is 112 cm³/mol. The molecule has 3 aromatic rings. The molecule has 0 saturated carbocycles. The lowest BCUT2D eigenvalue weighted by Crippen LogP contribution is -2.31. The Morgan fingerprint density at radius 3 is 2.70 bits per heavy atom. The van der Waals surface area contributed by atoms with E-state index in [0.717, 1.165) is 16.5 Å². The number of anilines is 1. The Morgan fingerprint density at radius 2 is 1.93 bits per heavy atom. The summed E-state index contributed by atoms with van der Waals surface area (Å²) in [5.74, 6) is 0.174. The molecule has 1 aliphatic rings. The fourth-order valence-electron chi connectivity index (χ4n) is 3.47. The van der Waals surface area contributed by atoms with Crippen molar-refractivity contribution >= 4 is 34.4 Å². The van der Waals surface area contributed by atoms with Gasteiger partial charge in [-0.25, -0.2) is 4.79 Å². The predicted octanol–water partition coefficient (Wildman–Crippen LogP) is 3.02. The quantitative estimate of drug-likeness (QED) is 0.525. The number of nitrogens with zero attached hydrogens (tertiary/aromatic N) is 1. The number of urea groups is 1. The molecule has 2 heterocycles. The lowest BCUT2D eigenvalue weighted by Gasteiger charge is -2.13. The highest BCUT2D eigenvalue weighted by molar-refractivity contribution is 6.04. The van der Waals surface area contributed by atoms with Crippen LogP contribution >= 0.6 is 0 Å². The highest BCUT2D eigenvalue weighted by atomic mass is 16.5. The van der Waals surface area contributed by atoms with E-state index in [1.807, 2.05) is 42.6 Å². The van der Waals surface area contributed by atoms with E-state index in [4.69, 9.17) is 4.74 Å². The standard InChI is InChI=1S/C22H22N4O4/c1-30-17-5-2-14(3-6-17)13-26-21(28)19(25-22(26)29)8-9-20(27)24-16-4-7-18-15(12-16)10-11-23-18/h2-7,10-12,19,23H,8-9,13H2,1H3,(H,24,27)(H,25,29)/t19-/m1/s1. The van der Waals surface area contributed by atoms with Crippen LogP contribution in [-0.4, -0.2) is 40.9 Å². The summed E-state index contributed by atoms with van der Waals surface area (Å²) in [5, 5.41) is 6.50. The van der Waals surface area contributed by atoms with Crippen molar-refractivity contribution in [3.8, 4) is 5.75 Å². The largest absolute Gasteiger partial charge is 0.497 e. The summed E-state index contributed by atoms with van der Waals surface area (Å²) in [4.78, 5) is 41.4. The maximum absolute atomic E-state index is 12.6. The van der Waals surface area contributed by atoms with Crippen molar-refractivity contribution in [2.24, 2.45) is 0 Å². The molecule has 1 aliphatic heterocycles. The third kappa shape index (κ3) is 4.12. The van der Waals surface area contributed by atoms with Gasteiger partial charge in [0.1, 0.15) is 11.8 Å². The minimum Gasteiger partial charge on any atom is -0.497 e. The zero-order chi connectivity index (χ0) is 21.1. The molecule has 0 unspecified atom stereocenters. The number of H-pyrrole nitrogens is 1. The number of imide groups is 1. The Morgan fingerprint density at radius 1 is 1.13 bits per heavy atom. The van der Waals surface area contributed by atoms with E-state index in [1.54, 1.807) is 19.2 Å². The second-order valence-corrected chi connectivity index (χ2v) is 7.14. The lowest BCUT2D eigenvalue weighted by molar-refractivity contribution is -0.128. The van der Waals surface area contributed by atoms with Gasteiger partial charge in [0.15, 0.2) is 0 Å². The number of carbonyl (C=O) groups is 3. The molecule has 0 spiro atoms. The molecule has 8 nitrogen and oxygen atoms in total. The fraction of sp³-hybridized carbons (Fsp3) is 0.227. The van der Waals surface area contributed by atoms with Gasteiger partial charge < -0.3 is 20.4 Å². The van der Waals surface area contributed by atoms with Crippen LogP contribution in [0.5, 0.6) is 5.75 Å². The van der Waals surface area contributed by atoms with Crippen molar-refractivity contribution in [3.05, 3.63) is 60.3 Å². The van der Waals surface area contributed by atoms with E-state index in [9.17, 15) is 14.4 Å². The van der Waals surface area contributed by atoms with Crippen molar-refractivity contribution in [1.29, 1.82) is 0 Å². The number of aromatic nitrogens is 1. The van der Waals surface area contributed by atoms with Gasteiger partial charge in [0.05, 0.1) is 13.7 Å². The van der Waals surface area contributed by atoms with Gasteiger partial charge >= 0.3 is 6.03 Å². The molecular formula is C22H22N4O4. The Labute approximate surface area is 173 Å². The first kappa shape index (κ1) is 19.5. The second kappa shape index (κ2) is 8.28. The van der Waals surface area contributed by atoms with Gasteiger partial charge in [0.2, 0.25) is 5.91 Å². The summed E-state index contributed by atoms with van der Waals surface area (Å²) in [6.07, 6.45) is 2.20. The number of rotatable bonds is 7. The molecule has 1 fully saturated rings. The Kier molecular flexibility index (Phi) is 5.38.